The van der Waals surface area contributed by atoms with Gasteiger partial charge in [0.1, 0.15) is 0 Å². The summed E-state index contributed by atoms with van der Waals surface area (Å²) in [5, 5.41) is 0. The summed E-state index contributed by atoms with van der Waals surface area (Å²) >= 11 is 0. The summed E-state index contributed by atoms with van der Waals surface area (Å²) in [7, 11) is 2.03. The van der Waals surface area contributed by atoms with E-state index < -0.39 is 0 Å². The fourth-order valence-electron chi connectivity index (χ4n) is 1.68. The van der Waals surface area contributed by atoms with Crippen molar-refractivity contribution in [2.75, 3.05) is 0 Å². The Bertz CT molecular complexity index is 435. The zero-order valence-corrected chi connectivity index (χ0v) is 10.8. The van der Waals surface area contributed by atoms with Crippen LogP contribution in [0.1, 0.15) is 25.2 Å². The lowest BCUT2D eigenvalue weighted by molar-refractivity contribution is 0.928. The Labute approximate surface area is 98.0 Å². The van der Waals surface area contributed by atoms with Gasteiger partial charge in [-0.2, -0.15) is 0 Å². The molecule has 0 saturated heterocycles. The fourth-order valence-corrected chi connectivity index (χ4v) is 1.68. The molecule has 0 aliphatic rings. The van der Waals surface area contributed by atoms with E-state index in [9.17, 15) is 0 Å². The lowest BCUT2D eigenvalue weighted by atomic mass is 10.1. The van der Waals surface area contributed by atoms with Crippen molar-refractivity contribution in [2.24, 2.45) is 7.05 Å². The highest BCUT2D eigenvalue weighted by atomic mass is 14.9. The van der Waals surface area contributed by atoms with Crippen molar-refractivity contribution in [2.45, 2.75) is 27.7 Å². The smallest absolute Gasteiger partial charge is 0.0382 e. The number of hydrogen-bond acceptors (Lipinski definition) is 1. The number of aryl methyl sites for hydroxylation is 3. The summed E-state index contributed by atoms with van der Waals surface area (Å²) in [6.07, 6.45) is 4.18. The largest absolute Gasteiger partial charge is 0.357 e. The average molecular weight is 216 g/mol. The minimum Gasteiger partial charge on any atom is -0.357 e. The molecule has 0 unspecified atom stereocenters. The van der Waals surface area contributed by atoms with Gasteiger partial charge >= 0.3 is 0 Å². The quantitative estimate of drug-likeness (QED) is 0.710. The molecule has 0 fully saturated rings. The van der Waals surface area contributed by atoms with E-state index >= 15 is 0 Å². The van der Waals surface area contributed by atoms with Crippen LogP contribution in [0.4, 0.5) is 0 Å². The van der Waals surface area contributed by atoms with Crippen molar-refractivity contribution in [3.8, 4) is 11.1 Å². The third-order valence-electron chi connectivity index (χ3n) is 2.25. The summed E-state index contributed by atoms with van der Waals surface area (Å²) in [6.45, 7) is 8.05. The molecule has 0 N–H and O–H groups in total. The van der Waals surface area contributed by atoms with Crippen molar-refractivity contribution >= 4 is 0 Å². The molecule has 0 radical (unpaired) electrons. The molecule has 0 atom stereocenters. The zero-order valence-electron chi connectivity index (χ0n) is 10.8. The second-order valence-corrected chi connectivity index (χ2v) is 3.70. The van der Waals surface area contributed by atoms with Gasteiger partial charge in [-0.1, -0.05) is 13.8 Å². The van der Waals surface area contributed by atoms with Crippen LogP contribution in [0.25, 0.3) is 11.1 Å². The molecule has 0 amide bonds. The molecule has 2 nitrogen and oxygen atoms in total. The molecule has 16 heavy (non-hydrogen) atoms. The second kappa shape index (κ2) is 5.50. The van der Waals surface area contributed by atoms with E-state index in [2.05, 4.69) is 40.1 Å². The second-order valence-electron chi connectivity index (χ2n) is 3.70. The van der Waals surface area contributed by atoms with Crippen LogP contribution >= 0.6 is 0 Å². The number of rotatable bonds is 1. The first-order valence-electron chi connectivity index (χ1n) is 5.73. The lowest BCUT2D eigenvalue weighted by Crippen LogP contribution is -1.87. The Kier molecular flexibility index (Phi) is 4.29. The molecule has 0 saturated carbocycles. The fraction of sp³-hybridized carbons (Fsp3) is 0.357. The number of aromatic nitrogens is 2. The molecule has 2 rings (SSSR count). The molecule has 0 aliphatic carbocycles. The van der Waals surface area contributed by atoms with Gasteiger partial charge < -0.3 is 4.57 Å². The van der Waals surface area contributed by atoms with Crippen LogP contribution in [-0.4, -0.2) is 9.55 Å². The van der Waals surface area contributed by atoms with Crippen LogP contribution < -0.4 is 0 Å². The van der Waals surface area contributed by atoms with Crippen LogP contribution in [0.15, 0.2) is 30.6 Å². The van der Waals surface area contributed by atoms with E-state index in [1.54, 1.807) is 0 Å². The molecule has 86 valence electrons. The van der Waals surface area contributed by atoms with Gasteiger partial charge in [0.25, 0.3) is 0 Å². The standard InChI is InChI=1S/C12H14N2.C2H6/c1-9-6-12(7-10(2)13-9)11-4-5-14(3)8-11;1-2/h4-8H,1-3H3;1-2H3. The van der Waals surface area contributed by atoms with Crippen molar-refractivity contribution in [1.29, 1.82) is 0 Å². The Balaban J connectivity index is 0.000000606. The maximum Gasteiger partial charge on any atom is 0.0382 e. The molecule has 0 bridgehead atoms. The molecular weight excluding hydrogens is 196 g/mol. The first kappa shape index (κ1) is 12.5. The van der Waals surface area contributed by atoms with Gasteiger partial charge in [-0.15, -0.1) is 0 Å². The maximum atomic E-state index is 4.36. The molecule has 2 heterocycles. The normalized spacial score (nSPS) is 9.56. The predicted molar refractivity (Wildman–Crippen MR) is 69.5 cm³/mol. The van der Waals surface area contributed by atoms with Crippen LogP contribution in [0.5, 0.6) is 0 Å². The Hall–Kier alpha value is -1.57. The van der Waals surface area contributed by atoms with Crippen molar-refractivity contribution < 1.29 is 0 Å². The summed E-state index contributed by atoms with van der Waals surface area (Å²) < 4.78 is 2.06. The van der Waals surface area contributed by atoms with Gasteiger partial charge in [0.2, 0.25) is 0 Å². The van der Waals surface area contributed by atoms with Crippen LogP contribution in [0, 0.1) is 13.8 Å². The van der Waals surface area contributed by atoms with Gasteiger partial charge in [0.15, 0.2) is 0 Å². The van der Waals surface area contributed by atoms with Gasteiger partial charge in [0, 0.05) is 30.8 Å². The first-order valence-corrected chi connectivity index (χ1v) is 5.73. The first-order chi connectivity index (χ1) is 7.65. The van der Waals surface area contributed by atoms with Crippen molar-refractivity contribution in [1.82, 2.24) is 9.55 Å². The van der Waals surface area contributed by atoms with Crippen LogP contribution in [-0.2, 0) is 7.05 Å². The van der Waals surface area contributed by atoms with Gasteiger partial charge in [-0.3, -0.25) is 4.98 Å². The predicted octanol–water partition coefficient (Wildman–Crippen LogP) is 3.73. The van der Waals surface area contributed by atoms with Crippen molar-refractivity contribution in [3.05, 3.63) is 42.0 Å². The van der Waals surface area contributed by atoms with Gasteiger partial charge in [-0.25, -0.2) is 0 Å². The van der Waals surface area contributed by atoms with Crippen molar-refractivity contribution in [3.63, 3.8) is 0 Å². The molecule has 2 aromatic heterocycles. The monoisotopic (exact) mass is 216 g/mol. The molecule has 0 aliphatic heterocycles. The Morgan fingerprint density at radius 3 is 2.00 bits per heavy atom. The van der Waals surface area contributed by atoms with E-state index in [-0.39, 0.29) is 0 Å². The highest BCUT2D eigenvalue weighted by Crippen LogP contribution is 2.20. The SMILES string of the molecule is CC.Cc1cc(-c2ccn(C)c2)cc(C)n1. The van der Waals surface area contributed by atoms with E-state index in [0.29, 0.717) is 0 Å². The summed E-state index contributed by atoms with van der Waals surface area (Å²) in [4.78, 5) is 4.36. The molecule has 0 aromatic carbocycles. The number of nitrogens with zero attached hydrogens (tertiary/aromatic N) is 2. The van der Waals surface area contributed by atoms with Crippen LogP contribution in [0.2, 0.25) is 0 Å². The average Bonchev–Trinajstić information content (AvgIpc) is 2.66. The zero-order chi connectivity index (χ0) is 12.1. The number of pyridine rings is 1. The van der Waals surface area contributed by atoms with E-state index in [0.717, 1.165) is 11.4 Å². The third kappa shape index (κ3) is 2.96. The summed E-state index contributed by atoms with van der Waals surface area (Å²) in [6, 6.07) is 6.35. The van der Waals surface area contributed by atoms with E-state index in [1.165, 1.54) is 11.1 Å². The Morgan fingerprint density at radius 1 is 1.00 bits per heavy atom. The summed E-state index contributed by atoms with van der Waals surface area (Å²) in [5.74, 6) is 0. The Morgan fingerprint density at radius 2 is 1.56 bits per heavy atom. The minimum absolute atomic E-state index is 1.07. The number of hydrogen-bond donors (Lipinski definition) is 0. The molecular formula is C14H20N2. The topological polar surface area (TPSA) is 17.8 Å². The van der Waals surface area contributed by atoms with Gasteiger partial charge in [-0.05, 0) is 43.2 Å². The minimum atomic E-state index is 1.07. The highest BCUT2D eigenvalue weighted by molar-refractivity contribution is 5.63. The molecule has 0 spiro atoms. The third-order valence-corrected chi connectivity index (χ3v) is 2.25. The van der Waals surface area contributed by atoms with Gasteiger partial charge in [0.05, 0.1) is 0 Å². The molecule has 2 heteroatoms. The maximum absolute atomic E-state index is 4.36. The lowest BCUT2D eigenvalue weighted by Gasteiger charge is -2.01. The van der Waals surface area contributed by atoms with Crippen LogP contribution in [0.3, 0.4) is 0 Å². The highest BCUT2D eigenvalue weighted by Gasteiger charge is 2.01. The van der Waals surface area contributed by atoms with E-state index in [4.69, 9.17) is 0 Å². The molecule has 2 aromatic rings. The summed E-state index contributed by atoms with van der Waals surface area (Å²) in [5.41, 5.74) is 4.64. The van der Waals surface area contributed by atoms with E-state index in [1.807, 2.05) is 34.7 Å².